The standard InChI is InChI=1S/C31H35FN4O5/c1-40-24-17-18-26(41-2)25(20-24)36(29(38)12-7-11-28(37)35-27-10-5-6-19-33-27)30(21-13-15-22(32)16-14-21)31(39)34-23-8-3-4-9-23/h5-6,10,13-20,23,30H,3-4,7-9,11-12H2,1-2H3,(H,34,39)(H,33,35,37)/t30-/m1/s1. The molecule has 1 saturated carbocycles. The van der Waals surface area contributed by atoms with E-state index in [9.17, 15) is 18.8 Å². The molecule has 3 aromatic rings. The van der Waals surface area contributed by atoms with E-state index in [0.717, 1.165) is 25.7 Å². The first-order chi connectivity index (χ1) is 19.9. The summed E-state index contributed by atoms with van der Waals surface area (Å²) in [4.78, 5) is 45.9. The predicted octanol–water partition coefficient (Wildman–Crippen LogP) is 5.18. The first-order valence-corrected chi connectivity index (χ1v) is 13.7. The molecule has 0 radical (unpaired) electrons. The number of halogens is 1. The van der Waals surface area contributed by atoms with Gasteiger partial charge >= 0.3 is 0 Å². The number of hydrogen-bond acceptors (Lipinski definition) is 6. The number of nitrogens with zero attached hydrogens (tertiary/aromatic N) is 2. The lowest BCUT2D eigenvalue weighted by Crippen LogP contribution is -2.46. The smallest absolute Gasteiger partial charge is 0.248 e. The van der Waals surface area contributed by atoms with Gasteiger partial charge in [-0.05, 0) is 61.2 Å². The molecular formula is C31H35FN4O5. The van der Waals surface area contributed by atoms with Gasteiger partial charge in [0, 0.05) is 31.1 Å². The molecular weight excluding hydrogens is 527 g/mol. The Balaban J connectivity index is 1.66. The van der Waals surface area contributed by atoms with Crippen LogP contribution in [0, 0.1) is 5.82 Å². The molecule has 1 fully saturated rings. The quantitative estimate of drug-likeness (QED) is 0.315. The Labute approximate surface area is 239 Å². The minimum absolute atomic E-state index is 0.00935. The first-order valence-electron chi connectivity index (χ1n) is 13.7. The lowest BCUT2D eigenvalue weighted by molar-refractivity contribution is -0.127. The van der Waals surface area contributed by atoms with E-state index in [4.69, 9.17) is 9.47 Å². The van der Waals surface area contributed by atoms with E-state index in [2.05, 4.69) is 15.6 Å². The molecule has 1 aliphatic rings. The monoisotopic (exact) mass is 562 g/mol. The highest BCUT2D eigenvalue weighted by Crippen LogP contribution is 2.38. The van der Waals surface area contributed by atoms with E-state index in [1.165, 1.54) is 43.4 Å². The number of nitrogens with one attached hydrogen (secondary N) is 2. The summed E-state index contributed by atoms with van der Waals surface area (Å²) in [7, 11) is 2.98. The van der Waals surface area contributed by atoms with Gasteiger partial charge in [0.2, 0.25) is 17.7 Å². The molecule has 0 unspecified atom stereocenters. The summed E-state index contributed by atoms with van der Waals surface area (Å²) in [6.45, 7) is 0. The Bertz CT molecular complexity index is 1330. The van der Waals surface area contributed by atoms with Gasteiger partial charge in [-0.2, -0.15) is 0 Å². The van der Waals surface area contributed by atoms with Crippen molar-refractivity contribution in [2.75, 3.05) is 24.4 Å². The Morgan fingerprint density at radius 2 is 1.76 bits per heavy atom. The van der Waals surface area contributed by atoms with Crippen molar-refractivity contribution in [3.63, 3.8) is 0 Å². The molecule has 10 heteroatoms. The molecule has 0 spiro atoms. The van der Waals surface area contributed by atoms with Crippen molar-refractivity contribution in [2.24, 2.45) is 0 Å². The highest BCUT2D eigenvalue weighted by atomic mass is 19.1. The van der Waals surface area contributed by atoms with Crippen LogP contribution in [-0.4, -0.2) is 43.0 Å². The minimum Gasteiger partial charge on any atom is -0.497 e. The summed E-state index contributed by atoms with van der Waals surface area (Å²) in [6.07, 6.45) is 5.56. The summed E-state index contributed by atoms with van der Waals surface area (Å²) >= 11 is 0. The van der Waals surface area contributed by atoms with Crippen molar-refractivity contribution in [3.05, 3.63) is 78.2 Å². The molecule has 9 nitrogen and oxygen atoms in total. The molecule has 0 bridgehead atoms. The average Bonchev–Trinajstić information content (AvgIpc) is 3.49. The highest BCUT2D eigenvalue weighted by Gasteiger charge is 2.36. The number of aromatic nitrogens is 1. The van der Waals surface area contributed by atoms with Crippen LogP contribution in [0.2, 0.25) is 0 Å². The van der Waals surface area contributed by atoms with Crippen LogP contribution in [0.25, 0.3) is 0 Å². The SMILES string of the molecule is COc1ccc(OC)c(N(C(=O)CCCC(=O)Nc2ccccn2)[C@@H](C(=O)NC2CCCC2)c2ccc(F)cc2)c1. The third-order valence-corrected chi connectivity index (χ3v) is 7.03. The molecule has 41 heavy (non-hydrogen) atoms. The molecule has 1 aromatic heterocycles. The largest absolute Gasteiger partial charge is 0.497 e. The van der Waals surface area contributed by atoms with Crippen LogP contribution in [0.1, 0.15) is 56.6 Å². The first kappa shape index (κ1) is 29.5. The van der Waals surface area contributed by atoms with Gasteiger partial charge in [0.1, 0.15) is 29.2 Å². The van der Waals surface area contributed by atoms with E-state index in [1.807, 2.05) is 0 Å². The van der Waals surface area contributed by atoms with Crippen LogP contribution in [-0.2, 0) is 14.4 Å². The number of amides is 3. The summed E-state index contributed by atoms with van der Waals surface area (Å²) in [5.74, 6) is -0.287. The third kappa shape index (κ3) is 7.81. The predicted molar refractivity (Wildman–Crippen MR) is 153 cm³/mol. The molecule has 1 heterocycles. The molecule has 4 rings (SSSR count). The van der Waals surface area contributed by atoms with Gasteiger partial charge < -0.3 is 20.1 Å². The lowest BCUT2D eigenvalue weighted by Gasteiger charge is -2.33. The number of ether oxygens (including phenoxy) is 2. The van der Waals surface area contributed by atoms with Crippen LogP contribution in [0.4, 0.5) is 15.9 Å². The molecule has 2 N–H and O–H groups in total. The summed E-state index contributed by atoms with van der Waals surface area (Å²) in [6, 6.07) is 14.6. The van der Waals surface area contributed by atoms with E-state index >= 15 is 0 Å². The van der Waals surface area contributed by atoms with Crippen molar-refractivity contribution < 1.29 is 28.2 Å². The van der Waals surface area contributed by atoms with Crippen LogP contribution in [0.5, 0.6) is 11.5 Å². The average molecular weight is 563 g/mol. The fourth-order valence-electron chi connectivity index (χ4n) is 4.98. The van der Waals surface area contributed by atoms with Crippen molar-refractivity contribution in [1.82, 2.24) is 10.3 Å². The van der Waals surface area contributed by atoms with E-state index in [1.54, 1.807) is 42.6 Å². The van der Waals surface area contributed by atoms with Crippen LogP contribution < -0.4 is 25.0 Å². The number of benzene rings is 2. The Morgan fingerprint density at radius 1 is 1.00 bits per heavy atom. The van der Waals surface area contributed by atoms with Gasteiger partial charge in [0.15, 0.2) is 0 Å². The van der Waals surface area contributed by atoms with Crippen molar-refractivity contribution in [3.8, 4) is 11.5 Å². The van der Waals surface area contributed by atoms with Gasteiger partial charge in [0.05, 0.1) is 19.9 Å². The summed E-state index contributed by atoms with van der Waals surface area (Å²) in [5.41, 5.74) is 0.763. The zero-order chi connectivity index (χ0) is 29.2. The highest BCUT2D eigenvalue weighted by molar-refractivity contribution is 6.03. The van der Waals surface area contributed by atoms with Gasteiger partial charge in [-0.1, -0.05) is 31.0 Å². The Kier molecular flexibility index (Phi) is 10.3. The number of carbonyl (C=O) groups is 3. The summed E-state index contributed by atoms with van der Waals surface area (Å²) in [5, 5.41) is 5.81. The third-order valence-electron chi connectivity index (χ3n) is 7.03. The number of methoxy groups -OCH3 is 2. The number of pyridine rings is 1. The number of carbonyl (C=O) groups excluding carboxylic acids is 3. The zero-order valence-corrected chi connectivity index (χ0v) is 23.3. The van der Waals surface area contributed by atoms with Crippen LogP contribution in [0.3, 0.4) is 0 Å². The lowest BCUT2D eigenvalue weighted by atomic mass is 10.0. The molecule has 3 amide bonds. The topological polar surface area (TPSA) is 110 Å². The van der Waals surface area contributed by atoms with Crippen molar-refractivity contribution >= 4 is 29.2 Å². The fraction of sp³-hybridized carbons (Fsp3) is 0.355. The second-order valence-corrected chi connectivity index (χ2v) is 9.86. The van der Waals surface area contributed by atoms with E-state index in [-0.39, 0.29) is 37.1 Å². The normalized spacial score (nSPS) is 13.7. The number of anilines is 2. The zero-order valence-electron chi connectivity index (χ0n) is 23.3. The van der Waals surface area contributed by atoms with Gasteiger partial charge in [-0.3, -0.25) is 19.3 Å². The summed E-state index contributed by atoms with van der Waals surface area (Å²) < 4.78 is 24.9. The van der Waals surface area contributed by atoms with Crippen LogP contribution in [0.15, 0.2) is 66.9 Å². The van der Waals surface area contributed by atoms with Crippen molar-refractivity contribution in [1.29, 1.82) is 0 Å². The van der Waals surface area contributed by atoms with Gasteiger partial charge in [-0.15, -0.1) is 0 Å². The minimum atomic E-state index is -1.12. The van der Waals surface area contributed by atoms with Crippen LogP contribution >= 0.6 is 0 Å². The van der Waals surface area contributed by atoms with E-state index < -0.39 is 17.8 Å². The fourth-order valence-corrected chi connectivity index (χ4v) is 4.98. The Hall–Kier alpha value is -4.47. The van der Waals surface area contributed by atoms with Gasteiger partial charge in [0.25, 0.3) is 0 Å². The second kappa shape index (κ2) is 14.2. The molecule has 1 atom stereocenters. The van der Waals surface area contributed by atoms with Crippen molar-refractivity contribution in [2.45, 2.75) is 57.0 Å². The molecule has 216 valence electrons. The van der Waals surface area contributed by atoms with E-state index in [0.29, 0.717) is 28.6 Å². The molecule has 0 aliphatic heterocycles. The maximum absolute atomic E-state index is 14.0. The Morgan fingerprint density at radius 3 is 2.41 bits per heavy atom. The number of hydrogen-bond donors (Lipinski definition) is 2. The van der Waals surface area contributed by atoms with Gasteiger partial charge in [-0.25, -0.2) is 9.37 Å². The maximum atomic E-state index is 14.0. The number of rotatable bonds is 12. The molecule has 1 aliphatic carbocycles. The molecule has 2 aromatic carbocycles. The maximum Gasteiger partial charge on any atom is 0.248 e. The second-order valence-electron chi connectivity index (χ2n) is 9.86. The molecule has 0 saturated heterocycles.